The molecule has 0 bridgehead atoms. The van der Waals surface area contributed by atoms with E-state index in [0.717, 1.165) is 5.56 Å². The van der Waals surface area contributed by atoms with Crippen molar-refractivity contribution in [2.45, 2.75) is 6.92 Å². The Morgan fingerprint density at radius 1 is 1.18 bits per heavy atom. The summed E-state index contributed by atoms with van der Waals surface area (Å²) in [6.07, 6.45) is 0. The average molecular weight is 440 g/mol. The highest BCUT2D eigenvalue weighted by molar-refractivity contribution is 9.10. The van der Waals surface area contributed by atoms with E-state index >= 15 is 0 Å². The molecule has 2 heterocycles. The lowest BCUT2D eigenvalue weighted by atomic mass is 10.2. The zero-order valence-electron chi connectivity index (χ0n) is 14.6. The number of aromatic nitrogens is 4. The van der Waals surface area contributed by atoms with Crippen molar-refractivity contribution in [2.24, 2.45) is 5.73 Å². The number of aromatic hydroxyl groups is 1. The molecule has 4 rings (SSSR count). The SMILES string of the molecule is Cc1ccc(-n2c(=O)[nH]c3c(C(N)=O)nc(-c4cc(Br)ccc4O)nc32)cc1. The molecule has 0 saturated carbocycles. The van der Waals surface area contributed by atoms with Gasteiger partial charge >= 0.3 is 5.69 Å². The van der Waals surface area contributed by atoms with Gasteiger partial charge in [-0.2, -0.15) is 0 Å². The maximum atomic E-state index is 12.6. The number of aromatic amines is 1. The maximum absolute atomic E-state index is 12.6. The number of nitrogens with zero attached hydrogens (tertiary/aromatic N) is 3. The van der Waals surface area contributed by atoms with Crippen LogP contribution < -0.4 is 11.4 Å². The van der Waals surface area contributed by atoms with Crippen molar-refractivity contribution in [1.82, 2.24) is 19.5 Å². The van der Waals surface area contributed by atoms with Crippen LogP contribution in [0.2, 0.25) is 0 Å². The molecule has 2 aromatic carbocycles. The lowest BCUT2D eigenvalue weighted by molar-refractivity contribution is 0.0997. The molecule has 0 fully saturated rings. The van der Waals surface area contributed by atoms with Gasteiger partial charge < -0.3 is 15.8 Å². The molecule has 4 N–H and O–H groups in total. The number of nitrogens with one attached hydrogen (secondary N) is 1. The van der Waals surface area contributed by atoms with Crippen LogP contribution >= 0.6 is 15.9 Å². The third-order valence-electron chi connectivity index (χ3n) is 4.26. The van der Waals surface area contributed by atoms with E-state index in [-0.39, 0.29) is 28.4 Å². The highest BCUT2D eigenvalue weighted by Crippen LogP contribution is 2.31. The van der Waals surface area contributed by atoms with Crippen molar-refractivity contribution in [2.75, 3.05) is 0 Å². The highest BCUT2D eigenvalue weighted by atomic mass is 79.9. The van der Waals surface area contributed by atoms with Crippen LogP contribution in [-0.2, 0) is 0 Å². The van der Waals surface area contributed by atoms with Gasteiger partial charge in [-0.05, 0) is 37.3 Å². The first-order valence-electron chi connectivity index (χ1n) is 8.23. The summed E-state index contributed by atoms with van der Waals surface area (Å²) in [6.45, 7) is 1.93. The second kappa shape index (κ2) is 6.61. The first-order chi connectivity index (χ1) is 13.3. The number of benzene rings is 2. The third-order valence-corrected chi connectivity index (χ3v) is 4.76. The molecule has 0 saturated heterocycles. The summed E-state index contributed by atoms with van der Waals surface area (Å²) in [7, 11) is 0. The number of primary amides is 1. The molecule has 9 heteroatoms. The van der Waals surface area contributed by atoms with E-state index in [1.165, 1.54) is 10.6 Å². The van der Waals surface area contributed by atoms with Crippen molar-refractivity contribution >= 4 is 33.0 Å². The van der Waals surface area contributed by atoms with E-state index in [4.69, 9.17) is 5.73 Å². The Hall–Kier alpha value is -3.46. The number of phenolic OH excluding ortho intramolecular Hbond substituents is 1. The highest BCUT2D eigenvalue weighted by Gasteiger charge is 2.21. The quantitative estimate of drug-likeness (QED) is 0.452. The number of amides is 1. The first kappa shape index (κ1) is 17.9. The lowest BCUT2D eigenvalue weighted by Crippen LogP contribution is -2.15. The van der Waals surface area contributed by atoms with Crippen LogP contribution in [0.25, 0.3) is 28.2 Å². The minimum atomic E-state index is -0.819. The Morgan fingerprint density at radius 2 is 1.89 bits per heavy atom. The molecule has 0 unspecified atom stereocenters. The molecule has 0 aliphatic heterocycles. The minimum Gasteiger partial charge on any atom is -0.507 e. The number of carbonyl (C=O) groups excluding carboxylic acids is 1. The number of carbonyl (C=O) groups is 1. The number of halogens is 1. The second-order valence-electron chi connectivity index (χ2n) is 6.22. The van der Waals surface area contributed by atoms with Crippen LogP contribution in [0.5, 0.6) is 5.75 Å². The van der Waals surface area contributed by atoms with Gasteiger partial charge in [0.05, 0.1) is 11.3 Å². The van der Waals surface area contributed by atoms with Gasteiger partial charge in [0.15, 0.2) is 17.2 Å². The summed E-state index contributed by atoms with van der Waals surface area (Å²) in [6, 6.07) is 12.0. The van der Waals surface area contributed by atoms with Gasteiger partial charge in [-0.15, -0.1) is 0 Å². The molecule has 0 aliphatic rings. The first-order valence-corrected chi connectivity index (χ1v) is 9.03. The summed E-state index contributed by atoms with van der Waals surface area (Å²) in [5.74, 6) is -0.821. The largest absolute Gasteiger partial charge is 0.507 e. The predicted molar refractivity (Wildman–Crippen MR) is 108 cm³/mol. The van der Waals surface area contributed by atoms with E-state index in [9.17, 15) is 14.7 Å². The number of H-pyrrole nitrogens is 1. The molecule has 2 aromatic heterocycles. The van der Waals surface area contributed by atoms with Gasteiger partial charge in [0.1, 0.15) is 11.3 Å². The standard InChI is InChI=1S/C19H14BrN5O3/c1-9-2-5-11(6-3-9)25-18-15(23-19(25)28)14(16(21)27)22-17(24-18)12-8-10(20)4-7-13(12)26/h2-8,26H,1H3,(H2,21,27)(H,23,28). The van der Waals surface area contributed by atoms with Crippen molar-refractivity contribution in [3.63, 3.8) is 0 Å². The topological polar surface area (TPSA) is 127 Å². The summed E-state index contributed by atoms with van der Waals surface area (Å²) >= 11 is 3.33. The minimum absolute atomic E-state index is 0.0694. The molecule has 8 nitrogen and oxygen atoms in total. The monoisotopic (exact) mass is 439 g/mol. The van der Waals surface area contributed by atoms with Crippen LogP contribution in [-0.4, -0.2) is 30.5 Å². The predicted octanol–water partition coefficient (Wildman–Crippen LogP) is 2.65. The molecule has 28 heavy (non-hydrogen) atoms. The zero-order chi connectivity index (χ0) is 20.0. The molecular weight excluding hydrogens is 426 g/mol. The normalized spacial score (nSPS) is 11.1. The maximum Gasteiger partial charge on any atom is 0.332 e. The average Bonchev–Trinajstić information content (AvgIpc) is 2.99. The van der Waals surface area contributed by atoms with Crippen molar-refractivity contribution < 1.29 is 9.90 Å². The van der Waals surface area contributed by atoms with E-state index in [0.29, 0.717) is 15.7 Å². The van der Waals surface area contributed by atoms with E-state index in [1.54, 1.807) is 24.3 Å². The molecule has 0 aliphatic carbocycles. The second-order valence-corrected chi connectivity index (χ2v) is 7.14. The molecular formula is C19H14BrN5O3. The number of rotatable bonds is 3. The molecule has 4 aromatic rings. The van der Waals surface area contributed by atoms with Gasteiger partial charge in [0.25, 0.3) is 5.91 Å². The number of phenols is 1. The molecule has 0 radical (unpaired) electrons. The van der Waals surface area contributed by atoms with Crippen LogP contribution in [0.15, 0.2) is 51.7 Å². The Kier molecular flexibility index (Phi) is 4.23. The fraction of sp³-hybridized carbons (Fsp3) is 0.0526. The van der Waals surface area contributed by atoms with Gasteiger partial charge in [-0.3, -0.25) is 4.79 Å². The summed E-state index contributed by atoms with van der Waals surface area (Å²) < 4.78 is 2.02. The number of hydrogen-bond acceptors (Lipinski definition) is 5. The van der Waals surface area contributed by atoms with Gasteiger partial charge in [0, 0.05) is 4.47 Å². The molecule has 140 valence electrons. The van der Waals surface area contributed by atoms with E-state index < -0.39 is 11.6 Å². The van der Waals surface area contributed by atoms with Crippen molar-refractivity contribution in [3.05, 3.63) is 68.7 Å². The molecule has 0 atom stereocenters. The van der Waals surface area contributed by atoms with E-state index in [1.807, 2.05) is 19.1 Å². The van der Waals surface area contributed by atoms with Crippen LogP contribution in [0.1, 0.15) is 16.1 Å². The fourth-order valence-corrected chi connectivity index (χ4v) is 3.27. The zero-order valence-corrected chi connectivity index (χ0v) is 16.2. The summed E-state index contributed by atoms with van der Waals surface area (Å²) in [4.78, 5) is 35.8. The lowest BCUT2D eigenvalue weighted by Gasteiger charge is -2.08. The third kappa shape index (κ3) is 2.95. The fourth-order valence-electron chi connectivity index (χ4n) is 2.90. The molecule has 0 spiro atoms. The van der Waals surface area contributed by atoms with Gasteiger partial charge in [-0.1, -0.05) is 33.6 Å². The Morgan fingerprint density at radius 3 is 2.57 bits per heavy atom. The van der Waals surface area contributed by atoms with Crippen LogP contribution in [0.3, 0.4) is 0 Å². The molecule has 1 amide bonds. The summed E-state index contributed by atoms with van der Waals surface area (Å²) in [5.41, 5.74) is 7.08. The van der Waals surface area contributed by atoms with Crippen molar-refractivity contribution in [3.8, 4) is 22.8 Å². The number of aryl methyl sites for hydroxylation is 1. The van der Waals surface area contributed by atoms with Gasteiger partial charge in [0.2, 0.25) is 0 Å². The number of nitrogens with two attached hydrogens (primary N) is 1. The van der Waals surface area contributed by atoms with Gasteiger partial charge in [-0.25, -0.2) is 19.3 Å². The smallest absolute Gasteiger partial charge is 0.332 e. The summed E-state index contributed by atoms with van der Waals surface area (Å²) in [5, 5.41) is 10.2. The van der Waals surface area contributed by atoms with E-state index in [2.05, 4.69) is 30.9 Å². The Labute approximate surface area is 166 Å². The number of imidazole rings is 1. The van der Waals surface area contributed by atoms with Crippen LogP contribution in [0, 0.1) is 6.92 Å². The number of hydrogen-bond donors (Lipinski definition) is 3. The number of fused-ring (bicyclic) bond motifs is 1. The van der Waals surface area contributed by atoms with Crippen molar-refractivity contribution in [1.29, 1.82) is 0 Å². The van der Waals surface area contributed by atoms with Crippen LogP contribution in [0.4, 0.5) is 0 Å². The Balaban J connectivity index is 2.08. The Bertz CT molecular complexity index is 1290.